The molecule has 0 radical (unpaired) electrons. The number of aromatic nitrogens is 1. The van der Waals surface area contributed by atoms with Crippen LogP contribution >= 0.6 is 11.3 Å². The van der Waals surface area contributed by atoms with Gasteiger partial charge in [-0.25, -0.2) is 4.99 Å². The summed E-state index contributed by atoms with van der Waals surface area (Å²) in [6.07, 6.45) is 0. The number of hydrogen-bond acceptors (Lipinski definition) is 3. The largest absolute Gasteiger partial charge is 0.456 e. The quantitative estimate of drug-likeness (QED) is 0.0930. The second-order valence-corrected chi connectivity index (χ2v) is 19.4. The Morgan fingerprint density at radius 3 is 1.78 bits per heavy atom. The highest BCUT2D eigenvalue weighted by Gasteiger charge is 2.24. The van der Waals surface area contributed by atoms with Crippen molar-refractivity contribution in [2.45, 2.75) is 20.4 Å². The number of aliphatic imine (C=N–C) groups is 3. The molecular formula is C68H48N4OS. The molecule has 14 aromatic rings. The Morgan fingerprint density at radius 2 is 1.03 bits per heavy atom. The molecule has 352 valence electrons. The first kappa shape index (κ1) is 44.7. The number of hydrogen-bond donors (Lipinski definition) is 0. The molecule has 3 aromatic heterocycles. The van der Waals surface area contributed by atoms with Crippen LogP contribution in [-0.2, 0) is 6.54 Å². The second kappa shape index (κ2) is 18.7. The van der Waals surface area contributed by atoms with Gasteiger partial charge in [-0.1, -0.05) is 214 Å². The maximum absolute atomic E-state index is 6.29. The van der Waals surface area contributed by atoms with Gasteiger partial charge in [-0.05, 0) is 86.6 Å². The lowest BCUT2D eigenvalue weighted by atomic mass is 9.94. The van der Waals surface area contributed by atoms with Crippen LogP contribution < -0.4 is 0 Å². The number of para-hydroxylation sites is 2. The summed E-state index contributed by atoms with van der Waals surface area (Å²) in [6, 6.07) is 81.9. The number of rotatable bonds is 6. The zero-order valence-corrected chi connectivity index (χ0v) is 41.8. The van der Waals surface area contributed by atoms with Crippen LogP contribution in [0.5, 0.6) is 0 Å². The Labute approximate surface area is 432 Å². The number of fused-ring (bicyclic) bond motifs is 14. The van der Waals surface area contributed by atoms with Gasteiger partial charge < -0.3 is 4.42 Å². The van der Waals surface area contributed by atoms with Gasteiger partial charge in [-0.3, -0.25) is 9.56 Å². The van der Waals surface area contributed by atoms with Crippen molar-refractivity contribution in [1.82, 2.24) is 4.57 Å². The van der Waals surface area contributed by atoms with Crippen LogP contribution in [0.4, 0.5) is 0 Å². The summed E-state index contributed by atoms with van der Waals surface area (Å²) in [4.78, 5) is 15.6. The molecule has 0 aliphatic carbocycles. The molecule has 0 bridgehead atoms. The minimum atomic E-state index is 0.379. The molecule has 0 saturated carbocycles. The lowest BCUT2D eigenvalue weighted by molar-refractivity contribution is 0.668. The third-order valence-corrected chi connectivity index (χ3v) is 15.4. The Bertz CT molecular complexity index is 4570. The number of amidine groups is 1. The molecule has 0 N–H and O–H groups in total. The van der Waals surface area contributed by atoms with Crippen LogP contribution in [0, 0.1) is 0 Å². The van der Waals surface area contributed by atoms with Gasteiger partial charge in [-0.2, -0.15) is 4.99 Å². The van der Waals surface area contributed by atoms with Crippen molar-refractivity contribution < 1.29 is 4.42 Å². The molecule has 0 unspecified atom stereocenters. The van der Waals surface area contributed by atoms with Crippen molar-refractivity contribution in [1.29, 1.82) is 0 Å². The molecule has 5 nitrogen and oxygen atoms in total. The lowest BCUT2D eigenvalue weighted by Crippen LogP contribution is -2.13. The van der Waals surface area contributed by atoms with E-state index in [1.165, 1.54) is 36.7 Å². The van der Waals surface area contributed by atoms with Crippen molar-refractivity contribution in [3.05, 3.63) is 242 Å². The molecule has 3 heterocycles. The van der Waals surface area contributed by atoms with Crippen LogP contribution in [0.15, 0.2) is 250 Å². The molecule has 11 aromatic carbocycles. The molecule has 74 heavy (non-hydrogen) atoms. The van der Waals surface area contributed by atoms with Crippen molar-refractivity contribution in [2.24, 2.45) is 15.0 Å². The summed E-state index contributed by atoms with van der Waals surface area (Å²) in [5, 5.41) is 11.6. The van der Waals surface area contributed by atoms with E-state index in [2.05, 4.69) is 205 Å². The van der Waals surface area contributed by atoms with E-state index in [9.17, 15) is 0 Å². The fourth-order valence-corrected chi connectivity index (χ4v) is 12.2. The highest BCUT2D eigenvalue weighted by atomic mass is 32.1. The first-order valence-electron chi connectivity index (χ1n) is 25.2. The Balaban J connectivity index is 0.00000261. The van der Waals surface area contributed by atoms with E-state index in [1.54, 1.807) is 0 Å². The van der Waals surface area contributed by atoms with Crippen molar-refractivity contribution >= 4 is 115 Å². The molecule has 0 atom stereocenters. The maximum atomic E-state index is 6.29. The molecular weight excluding hydrogens is 921 g/mol. The van der Waals surface area contributed by atoms with Gasteiger partial charge in [0.25, 0.3) is 0 Å². The number of nitrogens with zero attached hydrogens (tertiary/aromatic N) is 4. The van der Waals surface area contributed by atoms with E-state index in [1.807, 2.05) is 61.6 Å². The summed E-state index contributed by atoms with van der Waals surface area (Å²) in [7, 11) is 0. The van der Waals surface area contributed by atoms with Crippen LogP contribution in [0.25, 0.3) is 119 Å². The first-order valence-corrected chi connectivity index (χ1v) is 26.0. The predicted octanol–water partition coefficient (Wildman–Crippen LogP) is 18.9. The van der Waals surface area contributed by atoms with Crippen LogP contribution in [0.3, 0.4) is 0 Å². The number of furan rings is 1. The molecule has 0 amide bonds. The van der Waals surface area contributed by atoms with Gasteiger partial charge in [-0.15, -0.1) is 11.3 Å². The summed E-state index contributed by atoms with van der Waals surface area (Å²) in [6.45, 7) is 8.62. The van der Waals surface area contributed by atoms with Gasteiger partial charge in [0.2, 0.25) is 5.96 Å². The van der Waals surface area contributed by atoms with Gasteiger partial charge in [0.05, 0.1) is 17.6 Å². The van der Waals surface area contributed by atoms with E-state index in [0.717, 1.165) is 93.3 Å². The lowest BCUT2D eigenvalue weighted by Gasteiger charge is -2.14. The Kier molecular flexibility index (Phi) is 11.3. The standard InChI is InChI=1S/C66H42N4OS.C2H6/c1-67-66(69-65(42-17-3-2-4-18-42)68-40-41-35-36-52-51-25-9-11-33-58(51)71-59(52)37-41)70-62-47(29-15-32-57(62)61-54-27-7-5-23-49(54)50-24-6-8-28-55(50)63(61)70)45-21-13-19-43(38-45)44-20-14-22-46(39-44)48-30-16-31-56-53-26-10-12-34-60(53)72-64(48)56;1-2/h2-39H,1,40H2;1-2H3. The molecule has 14 rings (SSSR count). The van der Waals surface area contributed by atoms with Crippen molar-refractivity contribution in [2.75, 3.05) is 0 Å². The third kappa shape index (κ3) is 7.49. The number of thiophene rings is 1. The number of benzene rings is 11. The molecule has 6 heteroatoms. The monoisotopic (exact) mass is 968 g/mol. The average Bonchev–Trinajstić information content (AvgIpc) is 4.21. The fourth-order valence-electron chi connectivity index (χ4n) is 10.9. The highest BCUT2D eigenvalue weighted by Crippen LogP contribution is 2.45. The zero-order chi connectivity index (χ0) is 49.7. The van der Waals surface area contributed by atoms with Gasteiger partial charge in [0.1, 0.15) is 11.2 Å². The summed E-state index contributed by atoms with van der Waals surface area (Å²) >= 11 is 1.86. The van der Waals surface area contributed by atoms with Crippen LogP contribution in [0.2, 0.25) is 0 Å². The van der Waals surface area contributed by atoms with Crippen LogP contribution in [0.1, 0.15) is 25.0 Å². The summed E-state index contributed by atoms with van der Waals surface area (Å²) in [5.74, 6) is 0.978. The SMILES string of the molecule is C=NC(=NC(=NCc1ccc2c(c1)oc1ccccc12)c1ccccc1)n1c2c(-c3cccc(-c4cccc(-c5cccc6c5sc5ccccc56)c4)c3)cccc2c2c3ccccc3c3ccccc3c21.CC. The van der Waals surface area contributed by atoms with Gasteiger partial charge >= 0.3 is 0 Å². The minimum Gasteiger partial charge on any atom is -0.456 e. The highest BCUT2D eigenvalue weighted by molar-refractivity contribution is 7.26. The average molecular weight is 969 g/mol. The second-order valence-electron chi connectivity index (χ2n) is 18.3. The van der Waals surface area contributed by atoms with E-state index < -0.39 is 0 Å². The normalized spacial score (nSPS) is 12.2. The van der Waals surface area contributed by atoms with E-state index in [4.69, 9.17) is 19.4 Å². The summed E-state index contributed by atoms with van der Waals surface area (Å²) < 4.78 is 11.1. The maximum Gasteiger partial charge on any atom is 0.236 e. The first-order chi connectivity index (χ1) is 36.7. The molecule has 0 aliphatic rings. The summed E-state index contributed by atoms with van der Waals surface area (Å²) in [5.41, 5.74) is 12.4. The fraction of sp³-hybridized carbons (Fsp3) is 0.0441. The minimum absolute atomic E-state index is 0.379. The molecule has 0 spiro atoms. The Hall–Kier alpha value is -9.23. The van der Waals surface area contributed by atoms with E-state index in [-0.39, 0.29) is 0 Å². The van der Waals surface area contributed by atoms with Crippen LogP contribution in [-0.4, -0.2) is 23.1 Å². The topological polar surface area (TPSA) is 55.1 Å². The van der Waals surface area contributed by atoms with Crippen molar-refractivity contribution in [3.8, 4) is 33.4 Å². The smallest absolute Gasteiger partial charge is 0.236 e. The molecule has 0 aliphatic heterocycles. The van der Waals surface area contributed by atoms with Gasteiger partial charge in [0.15, 0.2) is 5.84 Å². The van der Waals surface area contributed by atoms with Gasteiger partial charge in [0, 0.05) is 58.2 Å². The zero-order valence-electron chi connectivity index (χ0n) is 41.0. The molecule has 0 saturated heterocycles. The third-order valence-electron chi connectivity index (χ3n) is 14.2. The molecule has 0 fully saturated rings. The van der Waals surface area contributed by atoms with Crippen molar-refractivity contribution in [3.63, 3.8) is 0 Å². The van der Waals surface area contributed by atoms with E-state index in [0.29, 0.717) is 18.3 Å². The van der Waals surface area contributed by atoms with E-state index >= 15 is 0 Å². The Morgan fingerprint density at radius 1 is 0.459 bits per heavy atom. The predicted molar refractivity (Wildman–Crippen MR) is 318 cm³/mol.